The van der Waals surface area contributed by atoms with Gasteiger partial charge in [0.15, 0.2) is 0 Å². The van der Waals surface area contributed by atoms with Crippen molar-refractivity contribution in [3.63, 3.8) is 0 Å². The molecule has 2 amide bonds. The van der Waals surface area contributed by atoms with Crippen molar-refractivity contribution in [1.29, 1.82) is 0 Å². The average molecular weight is 1200 g/mol. The molecule has 19 heteroatoms. The van der Waals surface area contributed by atoms with Crippen molar-refractivity contribution in [3.8, 4) is 45.5 Å². The van der Waals surface area contributed by atoms with Crippen molar-refractivity contribution < 1.29 is 38.9 Å². The maximum atomic E-state index is 13.0. The molecular formula is C68H86N10O8Si. The molecule has 2 aromatic carbocycles. The van der Waals surface area contributed by atoms with E-state index in [1.54, 1.807) is 30.5 Å². The van der Waals surface area contributed by atoms with E-state index >= 15 is 0 Å². The summed E-state index contributed by atoms with van der Waals surface area (Å²) < 4.78 is 8.49. The summed E-state index contributed by atoms with van der Waals surface area (Å²) in [6.07, 6.45) is 25.2. The van der Waals surface area contributed by atoms with Gasteiger partial charge in [-0.2, -0.15) is 0 Å². The SMILES string of the molecule is CC(=O)[O-].CN(C)c1ccc2c(-c3ccc(C(=O)NCCCCCC(=O)CCC(=O)Nc4ccc(-c5nnc(-c6ccccn6)nn5)nc4)cc3)c3ccc(=[N+](C)C)cc-3oc2c1.C[Si]1(CCCCO)CCC=CCC1.OCC1[C@H]2CC/C=C/CC[C@@H]12. The number of pyridine rings is 2. The van der Waals surface area contributed by atoms with Crippen LogP contribution in [0.5, 0.6) is 0 Å². The Kier molecular flexibility index (Phi) is 25.7. The quantitative estimate of drug-likeness (QED) is 0.0182. The molecule has 5 aliphatic rings. The predicted octanol–water partition coefficient (Wildman–Crippen LogP) is 10.2. The zero-order valence-electron chi connectivity index (χ0n) is 51.4. The topological polar surface area (TPSA) is 253 Å². The number of nitrogens with zero attached hydrogens (tertiary/aromatic N) is 8. The van der Waals surface area contributed by atoms with E-state index in [2.05, 4.69) is 108 Å². The number of amides is 2. The minimum absolute atomic E-state index is 0.0213. The number of carboxylic acid groups (broad SMARTS) is 1. The van der Waals surface area contributed by atoms with Gasteiger partial charge in [0.2, 0.25) is 22.9 Å². The Labute approximate surface area is 512 Å². The summed E-state index contributed by atoms with van der Waals surface area (Å²) in [6.45, 7) is 4.81. The van der Waals surface area contributed by atoms with Gasteiger partial charge in [-0.25, -0.2) is 4.58 Å². The Morgan fingerprint density at radius 1 is 0.736 bits per heavy atom. The van der Waals surface area contributed by atoms with Gasteiger partial charge in [0.25, 0.3) is 5.91 Å². The first-order valence-corrected chi connectivity index (χ1v) is 33.7. The molecule has 87 heavy (non-hydrogen) atoms. The van der Waals surface area contributed by atoms with E-state index in [1.807, 2.05) is 68.0 Å². The molecule has 18 nitrogen and oxygen atoms in total. The van der Waals surface area contributed by atoms with Gasteiger partial charge in [0.1, 0.15) is 42.6 Å². The number of carbonyl (C=O) groups excluding carboxylic acids is 4. The lowest BCUT2D eigenvalue weighted by atomic mass is 9.93. The second-order valence-electron chi connectivity index (χ2n) is 23.4. The molecule has 0 bridgehead atoms. The van der Waals surface area contributed by atoms with Gasteiger partial charge in [-0.15, -0.1) is 20.4 Å². The number of Topliss-reactive ketones (excluding diaryl/α,β-unsaturated/α-hetero) is 1. The van der Waals surface area contributed by atoms with Gasteiger partial charge >= 0.3 is 0 Å². The Morgan fingerprint density at radius 2 is 1.40 bits per heavy atom. The molecule has 10 rings (SSSR count). The monoisotopic (exact) mass is 1200 g/mol. The second kappa shape index (κ2) is 33.7. The van der Waals surface area contributed by atoms with Gasteiger partial charge in [0, 0.05) is 105 Å². The van der Waals surface area contributed by atoms with Crippen LogP contribution < -0.4 is 30.6 Å². The number of nitrogens with one attached hydrogen (secondary N) is 2. The number of rotatable bonds is 20. The van der Waals surface area contributed by atoms with Crippen molar-refractivity contribution in [2.45, 2.75) is 121 Å². The molecule has 4 N–H and O–H groups in total. The van der Waals surface area contributed by atoms with Gasteiger partial charge < -0.3 is 40.1 Å². The molecule has 3 atom stereocenters. The third-order valence-electron chi connectivity index (χ3n) is 16.3. The van der Waals surface area contributed by atoms with Gasteiger partial charge in [-0.1, -0.05) is 80.0 Å². The Hall–Kier alpha value is -8.13. The van der Waals surface area contributed by atoms with Crippen LogP contribution in [0.4, 0.5) is 11.4 Å². The fraction of sp³-hybridized carbons (Fsp3) is 0.426. The average Bonchev–Trinajstić information content (AvgIpc) is 1.98. The van der Waals surface area contributed by atoms with Crippen molar-refractivity contribution >= 4 is 54.0 Å². The van der Waals surface area contributed by atoms with Crippen LogP contribution in [0.25, 0.3) is 56.5 Å². The number of ketones is 1. The number of aromatic nitrogens is 6. The van der Waals surface area contributed by atoms with Crippen molar-refractivity contribution in [3.05, 3.63) is 139 Å². The molecule has 0 radical (unpaired) electrons. The molecule has 2 aliphatic heterocycles. The Bertz CT molecular complexity index is 3410. The Morgan fingerprint density at radius 3 is 2.00 bits per heavy atom. The molecule has 3 aromatic heterocycles. The van der Waals surface area contributed by atoms with Crippen LogP contribution in [0.15, 0.2) is 132 Å². The van der Waals surface area contributed by atoms with Crippen molar-refractivity contribution in [1.82, 2.24) is 40.3 Å². The van der Waals surface area contributed by atoms with Gasteiger partial charge in [-0.05, 0) is 143 Å². The van der Waals surface area contributed by atoms with Gasteiger partial charge in [-0.3, -0.25) is 24.4 Å². The lowest BCUT2D eigenvalue weighted by Gasteiger charge is -2.25. The highest BCUT2D eigenvalue weighted by Crippen LogP contribution is 2.52. The van der Waals surface area contributed by atoms with E-state index in [1.165, 1.54) is 69.3 Å². The number of allylic oxidation sites excluding steroid dienone is 4. The summed E-state index contributed by atoms with van der Waals surface area (Å²) >= 11 is 0. The first-order chi connectivity index (χ1) is 42.1. The fourth-order valence-electron chi connectivity index (χ4n) is 11.2. The fourth-order valence-corrected chi connectivity index (χ4v) is 14.8. The number of aliphatic hydroxyl groups excluding tert-OH is 2. The molecule has 0 saturated heterocycles. The summed E-state index contributed by atoms with van der Waals surface area (Å²) in [7, 11) is 7.12. The minimum atomic E-state index is -1.08. The maximum absolute atomic E-state index is 13.0. The largest absolute Gasteiger partial charge is 0.550 e. The standard InChI is InChI=1S/C45H44N10O4.C11H22OSi.C10H16O.C2H4O2/c1-54(2)32-17-20-35-39(26-32)59-40-27-33(55(3)4)18-21-36(40)42(35)29-12-14-30(15-13-29)45(58)47-25-8-5-6-10-34(56)19-23-41(57)49-31-16-22-38(48-28-31)44-52-50-43(51-53-44)37-11-7-9-24-46-37;1-13(11-7-4-8-12)9-5-2-3-6-10-13;11-7-10-8-5-3-1-2-4-6-9(8)10;1-2(3)4/h7,9,11-18,20-22,24,26-28H,5-6,8,10,19,23,25H2,1-4H3,(H-,46,47,49,52,53,57,58);2-3,12H,4-11H2,1H3;1-2,8-11H,3-7H2;1H3,(H,3,4)/b;;2-1+;/t;;8-,9+,10?;. The van der Waals surface area contributed by atoms with Crippen LogP contribution in [-0.2, 0) is 14.4 Å². The lowest BCUT2D eigenvalue weighted by molar-refractivity contribution is -0.302. The first-order valence-electron chi connectivity index (χ1n) is 30.6. The van der Waals surface area contributed by atoms with Crippen molar-refractivity contribution in [2.24, 2.45) is 17.8 Å². The molecule has 5 aromatic rings. The number of benzene rings is 3. The molecule has 0 spiro atoms. The molecular weight excluding hydrogens is 1110 g/mol. The maximum Gasteiger partial charge on any atom is 0.251 e. The molecule has 3 aliphatic carbocycles. The number of hydrogen-bond acceptors (Lipinski definition) is 15. The Balaban J connectivity index is 0.000000313. The van der Waals surface area contributed by atoms with E-state index in [9.17, 15) is 14.4 Å². The van der Waals surface area contributed by atoms with Crippen molar-refractivity contribution in [2.75, 3.05) is 58.2 Å². The highest BCUT2D eigenvalue weighted by atomic mass is 28.3. The summed E-state index contributed by atoms with van der Waals surface area (Å²) in [4.78, 5) is 57.5. The summed E-state index contributed by atoms with van der Waals surface area (Å²) in [5.41, 5.74) is 6.93. The molecule has 1 unspecified atom stereocenters. The van der Waals surface area contributed by atoms with E-state index in [4.69, 9.17) is 24.5 Å². The lowest BCUT2D eigenvalue weighted by Crippen LogP contribution is -2.28. The predicted molar refractivity (Wildman–Crippen MR) is 344 cm³/mol. The zero-order chi connectivity index (χ0) is 62.1. The number of unbranched alkanes of at least 4 members (excludes halogenated alkanes) is 3. The number of anilines is 2. The normalized spacial score (nSPS) is 16.7. The zero-order valence-corrected chi connectivity index (χ0v) is 52.4. The second-order valence-corrected chi connectivity index (χ2v) is 28.5. The number of aliphatic carboxylic acids is 1. The third kappa shape index (κ3) is 20.5. The first kappa shape index (κ1) is 66.4. The van der Waals surface area contributed by atoms with Crippen LogP contribution >= 0.6 is 0 Å². The third-order valence-corrected chi connectivity index (χ3v) is 20.8. The van der Waals surface area contributed by atoms with Crippen LogP contribution in [0.1, 0.15) is 107 Å². The van der Waals surface area contributed by atoms with E-state index in [-0.39, 0.29) is 36.3 Å². The van der Waals surface area contributed by atoms with Crippen LogP contribution in [0, 0.1) is 17.8 Å². The summed E-state index contributed by atoms with van der Waals surface area (Å²) in [5.74, 6) is 2.23. The van der Waals surface area contributed by atoms with E-state index in [0.717, 1.165) is 82.5 Å². The van der Waals surface area contributed by atoms with Gasteiger partial charge in [0.05, 0.1) is 26.0 Å². The van der Waals surface area contributed by atoms with Crippen LogP contribution in [0.2, 0.25) is 24.7 Å². The van der Waals surface area contributed by atoms with Crippen LogP contribution in [-0.4, -0.2) is 120 Å². The molecule has 5 heterocycles. The number of fused-ring (bicyclic) bond motifs is 3. The smallest absolute Gasteiger partial charge is 0.251 e. The van der Waals surface area contributed by atoms with E-state index < -0.39 is 14.0 Å². The van der Waals surface area contributed by atoms with E-state index in [0.29, 0.717) is 67.0 Å². The molecule has 1 saturated carbocycles. The highest BCUT2D eigenvalue weighted by molar-refractivity contribution is 6.78. The minimum Gasteiger partial charge on any atom is -0.550 e. The molecule has 460 valence electrons. The number of hydrogen-bond donors (Lipinski definition) is 4. The number of carbonyl (C=O) groups is 4. The highest BCUT2D eigenvalue weighted by Gasteiger charge is 2.47. The van der Waals surface area contributed by atoms with Crippen LogP contribution in [0.3, 0.4) is 0 Å². The molecule has 1 fully saturated rings. The number of aliphatic hydroxyl groups is 2. The summed E-state index contributed by atoms with van der Waals surface area (Å²) in [5, 5.41) is 50.8. The summed E-state index contributed by atoms with van der Waals surface area (Å²) in [6, 6.07) is 33.2. The number of carboxylic acids is 1.